The fourth-order valence-corrected chi connectivity index (χ4v) is 5.89. The van der Waals surface area contributed by atoms with Gasteiger partial charge in [-0.1, -0.05) is 48.6 Å². The van der Waals surface area contributed by atoms with E-state index in [2.05, 4.69) is 21.1 Å². The molecule has 16 nitrogen and oxygen atoms in total. The number of benzene rings is 4. The number of hydrogen-bond acceptors (Lipinski definition) is 12. The normalized spacial score (nSPS) is 14.7. The monoisotopic (exact) mass is 799 g/mol. The molecule has 0 saturated heterocycles. The van der Waals surface area contributed by atoms with Gasteiger partial charge in [0.25, 0.3) is 20.2 Å². The van der Waals surface area contributed by atoms with Gasteiger partial charge in [-0.2, -0.15) is 27.0 Å². The van der Waals surface area contributed by atoms with E-state index >= 15 is 0 Å². The number of nitrogens with one attached hydrogen (secondary N) is 2. The molecule has 4 aromatic carbocycles. The smallest absolute Gasteiger partial charge is 0.478 e. The first-order chi connectivity index (χ1) is 24.5. The van der Waals surface area contributed by atoms with Gasteiger partial charge in [0.2, 0.25) is 11.6 Å². The van der Waals surface area contributed by atoms with Crippen LogP contribution in [0.15, 0.2) is 117 Å². The molecule has 4 aromatic rings. The van der Waals surface area contributed by atoms with Crippen LogP contribution in [0.5, 0.6) is 0 Å². The number of hydrazone groups is 2. The minimum absolute atomic E-state index is 0. The molecule has 0 aromatic heterocycles. The van der Waals surface area contributed by atoms with E-state index in [0.717, 1.165) is 12.1 Å². The minimum Gasteiger partial charge on any atom is -0.478 e. The molecule has 6 rings (SSSR count). The van der Waals surface area contributed by atoms with Crippen molar-refractivity contribution in [1.82, 2.24) is 0 Å². The number of nitrogens with zero attached hydrogens (tertiary/aromatic N) is 2. The van der Waals surface area contributed by atoms with Gasteiger partial charge in [0, 0.05) is 28.5 Å². The first-order valence-electron chi connectivity index (χ1n) is 14.6. The Bertz CT molecular complexity index is 2370. The van der Waals surface area contributed by atoms with Crippen molar-refractivity contribution < 1.29 is 77.0 Å². The maximum Gasteiger partial charge on any atom is 1.00 e. The van der Waals surface area contributed by atoms with Gasteiger partial charge in [0.05, 0.1) is 32.3 Å². The van der Waals surface area contributed by atoms with Gasteiger partial charge in [-0.15, -0.1) is 0 Å². The molecule has 2 aliphatic rings. The maximum atomic E-state index is 12.1. The topological polar surface area (TPSA) is 266 Å². The van der Waals surface area contributed by atoms with Crippen LogP contribution in [0.4, 0.5) is 11.4 Å². The summed E-state index contributed by atoms with van der Waals surface area (Å²) in [6, 6.07) is 19.6. The molecule has 0 amide bonds. The van der Waals surface area contributed by atoms with E-state index in [1.54, 1.807) is 24.3 Å². The second-order valence-electron chi connectivity index (χ2n) is 10.7. The van der Waals surface area contributed by atoms with Gasteiger partial charge >= 0.3 is 16.2 Å². The number of carbonyl (C=O) groups is 4. The van der Waals surface area contributed by atoms with Crippen molar-refractivity contribution in [3.63, 3.8) is 0 Å². The number of hydrogen-bond donors (Lipinski definition) is 6. The van der Waals surface area contributed by atoms with Crippen molar-refractivity contribution >= 4 is 78.7 Å². The molecule has 0 bridgehead atoms. The molecule has 19 heteroatoms. The molecule has 0 aliphatic heterocycles. The van der Waals surface area contributed by atoms with Crippen LogP contribution >= 0.6 is 0 Å². The molecule has 0 saturated carbocycles. The summed E-state index contributed by atoms with van der Waals surface area (Å²) >= 11 is 0. The van der Waals surface area contributed by atoms with Crippen LogP contribution in [0.1, 0.15) is 47.2 Å². The van der Waals surface area contributed by atoms with E-state index in [-0.39, 0.29) is 65.4 Å². The first-order valence-corrected chi connectivity index (χ1v) is 17.4. The van der Waals surface area contributed by atoms with Crippen molar-refractivity contribution in [1.29, 1.82) is 0 Å². The summed E-state index contributed by atoms with van der Waals surface area (Å²) in [5.74, 6) is -3.17. The predicted octanol–water partition coefficient (Wildman–Crippen LogP) is 4.42. The number of para-hydroxylation sites is 2. The summed E-state index contributed by atoms with van der Waals surface area (Å²) in [4.78, 5) is 46.1. The van der Waals surface area contributed by atoms with Crippen molar-refractivity contribution in [2.24, 2.45) is 10.2 Å². The van der Waals surface area contributed by atoms with Gasteiger partial charge < -0.3 is 10.2 Å². The standard InChI is InChI=1S/2C17H12N2O6S.Cr/c2*20-15-8-5-10-9-11(26(23,24)25)6-7-12(10)16(15)19-18-14-4-2-1-3-13(14)17(21)22;/h2*1-9,18H,(H,21,22)(H,23,24,25);/p+3. The van der Waals surface area contributed by atoms with Crippen LogP contribution in [0.25, 0.3) is 12.2 Å². The van der Waals surface area contributed by atoms with Crippen LogP contribution in [-0.4, -0.2) is 71.1 Å². The fraction of sp³-hybridized carbons (Fsp3) is 0. The van der Waals surface area contributed by atoms with Crippen molar-refractivity contribution in [2.45, 2.75) is 9.79 Å². The van der Waals surface area contributed by atoms with Crippen molar-refractivity contribution in [3.8, 4) is 0 Å². The molecule has 0 heterocycles. The Morgan fingerprint density at radius 2 is 0.925 bits per heavy atom. The van der Waals surface area contributed by atoms with Gasteiger partial charge in [-0.25, -0.2) is 9.59 Å². The van der Waals surface area contributed by atoms with Gasteiger partial charge in [0.15, 0.2) is 0 Å². The van der Waals surface area contributed by atoms with Gasteiger partial charge in [-0.05, 0) is 71.8 Å². The summed E-state index contributed by atoms with van der Waals surface area (Å²) < 4.78 is 63.2. The molecule has 0 radical (unpaired) electrons. The second-order valence-corrected chi connectivity index (χ2v) is 13.5. The van der Waals surface area contributed by atoms with E-state index in [1.165, 1.54) is 72.8 Å². The molecule has 0 fully saturated rings. The Morgan fingerprint density at radius 3 is 1.26 bits per heavy atom. The molecule has 2 aliphatic carbocycles. The summed E-state index contributed by atoms with van der Waals surface area (Å²) in [6.07, 6.45) is 5.24. The van der Waals surface area contributed by atoms with E-state index in [1.807, 2.05) is 0 Å². The molecule has 0 atom stereocenters. The summed E-state index contributed by atoms with van der Waals surface area (Å²) in [5, 5.41) is 26.3. The maximum absolute atomic E-state index is 12.1. The van der Waals surface area contributed by atoms with E-state index in [9.17, 15) is 46.2 Å². The van der Waals surface area contributed by atoms with E-state index in [4.69, 9.17) is 9.11 Å². The number of rotatable bonds is 8. The number of carbonyl (C=O) groups excluding carboxylic acids is 2. The Balaban J connectivity index is 0.000000523. The molecule has 0 unspecified atom stereocenters. The predicted molar refractivity (Wildman–Crippen MR) is 191 cm³/mol. The molecule has 0 spiro atoms. The average molecular weight is 800 g/mol. The number of anilines is 2. The minimum atomic E-state index is -4.38. The van der Waals surface area contributed by atoms with Crippen molar-refractivity contribution in [2.75, 3.05) is 10.9 Å². The largest absolute Gasteiger partial charge is 1.00 e. The average Bonchev–Trinajstić information content (AvgIpc) is 3.10. The quantitative estimate of drug-likeness (QED) is 0.106. The first kappa shape index (κ1) is 39.7. The number of allylic oxidation sites excluding steroid dienone is 2. The fourth-order valence-electron chi connectivity index (χ4n) is 4.86. The Hall–Kier alpha value is -6.07. The Morgan fingerprint density at radius 1 is 0.566 bits per heavy atom. The zero-order valence-corrected chi connectivity index (χ0v) is 29.5. The second kappa shape index (κ2) is 16.1. The van der Waals surface area contributed by atoms with Gasteiger partial charge in [-0.3, -0.25) is 29.5 Å². The Labute approximate surface area is 316 Å². The molecular weight excluding hydrogens is 773 g/mol. The Kier molecular flexibility index (Phi) is 12.1. The van der Waals surface area contributed by atoms with Crippen molar-refractivity contribution in [3.05, 3.63) is 130 Å². The number of aromatic carboxylic acids is 2. The zero-order chi connectivity index (χ0) is 37.8. The van der Waals surface area contributed by atoms with Gasteiger partial charge in [0.1, 0.15) is 11.4 Å². The SMILES string of the molecule is O=C1C=Cc2cc(S(=O)(=O)O)ccc2C1=NNc1ccccc1C(=O)O.O=C1C=Cc2cc(S(=O)(=O)O)ccc2C1=NNc1ccccc1C(=O)O.[Cr].[H+].[H+].[H+]. The van der Waals surface area contributed by atoms with Crippen LogP contribution in [0.3, 0.4) is 0 Å². The third-order valence-corrected chi connectivity index (χ3v) is 9.04. The van der Waals surface area contributed by atoms with E-state index < -0.39 is 43.7 Å². The van der Waals surface area contributed by atoms with Crippen LogP contribution in [0, 0.1) is 0 Å². The molecule has 53 heavy (non-hydrogen) atoms. The number of fused-ring (bicyclic) bond motifs is 2. The third-order valence-electron chi connectivity index (χ3n) is 7.34. The number of carboxylic acids is 2. The number of carboxylic acid groups (broad SMARTS) is 2. The zero-order valence-electron chi connectivity index (χ0n) is 29.6. The van der Waals surface area contributed by atoms with E-state index in [0.29, 0.717) is 22.3 Å². The summed E-state index contributed by atoms with van der Waals surface area (Å²) in [5.41, 5.74) is 6.95. The van der Waals surface area contributed by atoms with Crippen LogP contribution in [0.2, 0.25) is 0 Å². The summed E-state index contributed by atoms with van der Waals surface area (Å²) in [7, 11) is -8.75. The molecule has 6 N–H and O–H groups in total. The number of ketones is 2. The molecule has 270 valence electrons. The van der Waals surface area contributed by atoms with Crippen LogP contribution < -0.4 is 10.9 Å². The summed E-state index contributed by atoms with van der Waals surface area (Å²) in [6.45, 7) is 0. The molecular formula is C34H27CrN4O12S2+3. The third kappa shape index (κ3) is 9.24. The van der Waals surface area contributed by atoms with Crippen LogP contribution in [-0.2, 0) is 47.2 Å².